The average molecular weight is 369 g/mol. The van der Waals surface area contributed by atoms with Gasteiger partial charge in [-0.2, -0.15) is 0 Å². The van der Waals surface area contributed by atoms with Crippen LogP contribution in [-0.2, 0) is 20.8 Å². The molecule has 3 nitrogen and oxygen atoms in total. The molecular weight excluding hydrogens is 336 g/mol. The van der Waals surface area contributed by atoms with Crippen LogP contribution in [0.2, 0.25) is 0 Å². The van der Waals surface area contributed by atoms with Crippen LogP contribution in [0.25, 0.3) is 6.08 Å². The Bertz CT molecular complexity index is 654. The van der Waals surface area contributed by atoms with Gasteiger partial charge in [-0.05, 0) is 11.1 Å². The molecule has 0 aliphatic rings. The van der Waals surface area contributed by atoms with Crippen LogP contribution in [0.4, 0.5) is 0 Å². The quantitative estimate of drug-likeness (QED) is 0.544. The largest absolute Gasteiger partial charge is 0.381 e. The van der Waals surface area contributed by atoms with Crippen LogP contribution in [0.5, 0.6) is 0 Å². The van der Waals surface area contributed by atoms with Gasteiger partial charge in [0.15, 0.2) is 0 Å². The van der Waals surface area contributed by atoms with Gasteiger partial charge in [-0.3, -0.25) is 0 Å². The van der Waals surface area contributed by atoms with Crippen molar-refractivity contribution in [1.29, 1.82) is 0 Å². The van der Waals surface area contributed by atoms with Crippen LogP contribution in [0.15, 0.2) is 66.7 Å². The van der Waals surface area contributed by atoms with Crippen molar-refractivity contribution < 1.29 is 14.2 Å². The van der Waals surface area contributed by atoms with Gasteiger partial charge in [0, 0.05) is 26.1 Å². The Morgan fingerprint density at radius 1 is 0.852 bits per heavy atom. The molecule has 0 saturated heterocycles. The monoisotopic (exact) mass is 368 g/mol. The summed E-state index contributed by atoms with van der Waals surface area (Å²) in [5.74, 6) is 0.465. The van der Waals surface area contributed by atoms with Crippen LogP contribution in [0.1, 0.15) is 25.0 Å². The van der Waals surface area contributed by atoms with E-state index in [1.807, 2.05) is 36.4 Å². The fourth-order valence-electron chi connectivity index (χ4n) is 3.42. The molecule has 2 aromatic carbocycles. The fraction of sp³-hybridized carbons (Fsp3) is 0.417. The number of hydrogen-bond acceptors (Lipinski definition) is 3. The van der Waals surface area contributed by atoms with Gasteiger partial charge in [-0.1, -0.05) is 86.7 Å². The first-order chi connectivity index (χ1) is 13.2. The molecule has 146 valence electrons. The average Bonchev–Trinajstić information content (AvgIpc) is 2.70. The van der Waals surface area contributed by atoms with Gasteiger partial charge in [0.25, 0.3) is 0 Å². The summed E-state index contributed by atoms with van der Waals surface area (Å²) in [6, 6.07) is 20.5. The van der Waals surface area contributed by atoms with Crippen molar-refractivity contribution >= 4 is 6.08 Å². The molecule has 3 heteroatoms. The Labute approximate surface area is 164 Å². The fourth-order valence-corrected chi connectivity index (χ4v) is 3.42. The minimum Gasteiger partial charge on any atom is -0.381 e. The Balaban J connectivity index is 1.91. The maximum Gasteiger partial charge on any atom is 0.0805 e. The molecule has 0 heterocycles. The molecule has 0 amide bonds. The smallest absolute Gasteiger partial charge is 0.0805 e. The van der Waals surface area contributed by atoms with Gasteiger partial charge >= 0.3 is 0 Å². The molecule has 27 heavy (non-hydrogen) atoms. The van der Waals surface area contributed by atoms with Gasteiger partial charge in [-0.15, -0.1) is 0 Å². The van der Waals surface area contributed by atoms with Crippen molar-refractivity contribution in [2.45, 2.75) is 32.7 Å². The van der Waals surface area contributed by atoms with E-state index in [0.717, 1.165) is 0 Å². The van der Waals surface area contributed by atoms with Crippen molar-refractivity contribution in [2.24, 2.45) is 11.8 Å². The Hall–Kier alpha value is -1.94. The molecule has 0 radical (unpaired) electrons. The second-order valence-corrected chi connectivity index (χ2v) is 7.01. The van der Waals surface area contributed by atoms with E-state index in [1.54, 1.807) is 14.2 Å². The molecule has 0 aromatic heterocycles. The third-order valence-corrected chi connectivity index (χ3v) is 4.91. The predicted octanol–water partition coefficient (Wildman–Crippen LogP) is 5.22. The van der Waals surface area contributed by atoms with Gasteiger partial charge in [0.2, 0.25) is 0 Å². The summed E-state index contributed by atoms with van der Waals surface area (Å²) in [4.78, 5) is 0. The van der Waals surface area contributed by atoms with E-state index in [9.17, 15) is 0 Å². The molecule has 0 spiro atoms. The van der Waals surface area contributed by atoms with E-state index in [4.69, 9.17) is 14.2 Å². The second-order valence-electron chi connectivity index (χ2n) is 7.01. The Kier molecular flexibility index (Phi) is 9.26. The summed E-state index contributed by atoms with van der Waals surface area (Å²) in [6.07, 6.45) is 4.25. The molecule has 0 fully saturated rings. The first kappa shape index (κ1) is 21.4. The summed E-state index contributed by atoms with van der Waals surface area (Å²) < 4.78 is 17.5. The minimum atomic E-state index is -0.0215. The summed E-state index contributed by atoms with van der Waals surface area (Å²) in [7, 11) is 3.52. The van der Waals surface area contributed by atoms with Crippen LogP contribution < -0.4 is 0 Å². The molecule has 0 saturated carbocycles. The van der Waals surface area contributed by atoms with Gasteiger partial charge in [0.05, 0.1) is 25.4 Å². The molecule has 2 aromatic rings. The zero-order valence-electron chi connectivity index (χ0n) is 16.9. The van der Waals surface area contributed by atoms with Crippen LogP contribution in [0.3, 0.4) is 0 Å². The lowest BCUT2D eigenvalue weighted by Gasteiger charge is -2.32. The van der Waals surface area contributed by atoms with E-state index >= 15 is 0 Å². The van der Waals surface area contributed by atoms with E-state index in [1.165, 1.54) is 11.1 Å². The minimum absolute atomic E-state index is 0.0215. The van der Waals surface area contributed by atoms with E-state index in [-0.39, 0.29) is 24.0 Å². The summed E-state index contributed by atoms with van der Waals surface area (Å²) in [5.41, 5.74) is 2.35. The van der Waals surface area contributed by atoms with Crippen molar-refractivity contribution in [2.75, 3.05) is 20.8 Å². The summed E-state index contributed by atoms with van der Waals surface area (Å²) >= 11 is 0. The van der Waals surface area contributed by atoms with Crippen LogP contribution in [-0.4, -0.2) is 33.0 Å². The highest BCUT2D eigenvalue weighted by atomic mass is 16.5. The predicted molar refractivity (Wildman–Crippen MR) is 111 cm³/mol. The second kappa shape index (κ2) is 11.7. The van der Waals surface area contributed by atoms with E-state index in [0.29, 0.717) is 13.2 Å². The summed E-state index contributed by atoms with van der Waals surface area (Å²) in [6.45, 7) is 5.61. The molecule has 0 bridgehead atoms. The zero-order valence-corrected chi connectivity index (χ0v) is 16.9. The zero-order chi connectivity index (χ0) is 19.5. The first-order valence-corrected chi connectivity index (χ1v) is 9.56. The molecule has 0 unspecified atom stereocenters. The van der Waals surface area contributed by atoms with Crippen molar-refractivity contribution in [3.05, 3.63) is 77.9 Å². The topological polar surface area (TPSA) is 27.7 Å². The lowest BCUT2D eigenvalue weighted by Crippen LogP contribution is -2.37. The van der Waals surface area contributed by atoms with Crippen molar-refractivity contribution in [3.8, 4) is 0 Å². The maximum absolute atomic E-state index is 5.92. The van der Waals surface area contributed by atoms with Crippen LogP contribution >= 0.6 is 0 Å². The molecular formula is C24H32O3. The molecule has 0 aliphatic carbocycles. The number of hydrogen-bond donors (Lipinski definition) is 0. The normalized spacial score (nSPS) is 16.1. The highest BCUT2D eigenvalue weighted by Gasteiger charge is 2.29. The third kappa shape index (κ3) is 6.94. The lowest BCUT2D eigenvalue weighted by molar-refractivity contribution is -0.0550. The number of benzene rings is 2. The third-order valence-electron chi connectivity index (χ3n) is 4.91. The van der Waals surface area contributed by atoms with Gasteiger partial charge < -0.3 is 14.2 Å². The lowest BCUT2D eigenvalue weighted by atomic mass is 9.89. The Morgan fingerprint density at radius 3 is 2.07 bits per heavy atom. The SMILES string of the molecule is CO[C@H]([C@H](C)[C@H](/C=C/c1ccccc1)OC)[C@@H](C)COCc1ccccc1. The molecule has 0 aliphatic heterocycles. The highest BCUT2D eigenvalue weighted by Crippen LogP contribution is 2.23. The van der Waals surface area contributed by atoms with Crippen molar-refractivity contribution in [1.82, 2.24) is 0 Å². The number of ether oxygens (including phenoxy) is 3. The highest BCUT2D eigenvalue weighted by molar-refractivity contribution is 5.49. The molecule has 0 N–H and O–H groups in total. The first-order valence-electron chi connectivity index (χ1n) is 9.56. The molecule has 2 rings (SSSR count). The number of methoxy groups -OCH3 is 2. The van der Waals surface area contributed by atoms with Crippen molar-refractivity contribution in [3.63, 3.8) is 0 Å². The summed E-state index contributed by atoms with van der Waals surface area (Å²) in [5, 5.41) is 0. The van der Waals surface area contributed by atoms with Gasteiger partial charge in [0.1, 0.15) is 0 Å². The maximum atomic E-state index is 5.92. The standard InChI is InChI=1S/C24H32O3/c1-19(17-27-18-22-13-9-6-10-14-22)24(26-4)20(2)23(25-3)16-15-21-11-7-5-8-12-21/h5-16,19-20,23-24H,17-18H2,1-4H3/b16-15+/t19-,20+,23-,24-/m0/s1. The number of rotatable bonds is 11. The van der Waals surface area contributed by atoms with E-state index < -0.39 is 0 Å². The Morgan fingerprint density at radius 2 is 1.48 bits per heavy atom. The van der Waals surface area contributed by atoms with E-state index in [2.05, 4.69) is 50.3 Å². The van der Waals surface area contributed by atoms with Gasteiger partial charge in [-0.25, -0.2) is 0 Å². The van der Waals surface area contributed by atoms with Crippen LogP contribution in [0, 0.1) is 11.8 Å². The molecule has 4 atom stereocenters.